The van der Waals surface area contributed by atoms with Gasteiger partial charge in [-0.15, -0.1) is 0 Å². The maximum atomic E-state index is 12.2. The first-order valence-electron chi connectivity index (χ1n) is 7.15. The van der Waals surface area contributed by atoms with E-state index in [0.717, 1.165) is 6.07 Å². The molecule has 0 unspecified atom stereocenters. The van der Waals surface area contributed by atoms with Crippen LogP contribution in [0.1, 0.15) is 23.0 Å². The maximum absolute atomic E-state index is 12.2. The lowest BCUT2D eigenvalue weighted by molar-refractivity contribution is -0.136. The molecular weight excluding hydrogens is 314 g/mol. The van der Waals surface area contributed by atoms with Crippen LogP contribution >= 0.6 is 0 Å². The summed E-state index contributed by atoms with van der Waals surface area (Å²) in [7, 11) is 1.22. The Balaban J connectivity index is 2.30. The molecule has 0 amide bonds. The zero-order valence-corrected chi connectivity index (χ0v) is 12.8. The van der Waals surface area contributed by atoms with Gasteiger partial charge in [0.2, 0.25) is 17.1 Å². The SMILES string of the molecule is COC(=O)C1=C(N)Oc2c(oc(CO)cc2=O)[C@@H]1c1ccccc1. The molecule has 3 rings (SSSR count). The zero-order valence-electron chi connectivity index (χ0n) is 12.8. The molecule has 0 spiro atoms. The molecule has 0 fully saturated rings. The monoisotopic (exact) mass is 329 g/mol. The molecule has 2 heterocycles. The van der Waals surface area contributed by atoms with Crippen molar-refractivity contribution in [2.75, 3.05) is 7.11 Å². The molecule has 0 saturated carbocycles. The van der Waals surface area contributed by atoms with Crippen LogP contribution < -0.4 is 15.9 Å². The molecule has 7 heteroatoms. The van der Waals surface area contributed by atoms with Gasteiger partial charge in [0.25, 0.3) is 0 Å². The van der Waals surface area contributed by atoms with Gasteiger partial charge in [0.05, 0.1) is 13.0 Å². The first-order chi connectivity index (χ1) is 11.6. The number of benzene rings is 1. The minimum atomic E-state index is -0.776. The van der Waals surface area contributed by atoms with Crippen LogP contribution in [-0.4, -0.2) is 18.2 Å². The molecule has 1 aromatic carbocycles. The summed E-state index contributed by atoms with van der Waals surface area (Å²) in [6, 6.07) is 10.0. The third-order valence-corrected chi connectivity index (χ3v) is 3.70. The Kier molecular flexibility index (Phi) is 4.09. The van der Waals surface area contributed by atoms with E-state index < -0.39 is 23.9 Å². The smallest absolute Gasteiger partial charge is 0.340 e. The number of methoxy groups -OCH3 is 1. The zero-order chi connectivity index (χ0) is 17.3. The second kappa shape index (κ2) is 6.21. The first-order valence-corrected chi connectivity index (χ1v) is 7.15. The molecule has 0 saturated heterocycles. The number of nitrogens with two attached hydrogens (primary N) is 1. The molecule has 0 radical (unpaired) electrons. The third kappa shape index (κ3) is 2.55. The molecule has 1 aromatic heterocycles. The highest BCUT2D eigenvalue weighted by atomic mass is 16.5. The summed E-state index contributed by atoms with van der Waals surface area (Å²) in [4.78, 5) is 24.4. The molecular formula is C17H15NO6. The fourth-order valence-electron chi connectivity index (χ4n) is 2.65. The van der Waals surface area contributed by atoms with Crippen LogP contribution in [0.3, 0.4) is 0 Å². The molecule has 124 valence electrons. The Morgan fingerprint density at radius 3 is 2.67 bits per heavy atom. The average Bonchev–Trinajstić information content (AvgIpc) is 2.61. The van der Waals surface area contributed by atoms with Gasteiger partial charge in [0, 0.05) is 6.07 Å². The predicted octanol–water partition coefficient (Wildman–Crippen LogP) is 1.000. The maximum Gasteiger partial charge on any atom is 0.340 e. The fourth-order valence-corrected chi connectivity index (χ4v) is 2.65. The summed E-state index contributed by atoms with van der Waals surface area (Å²) in [6.07, 6.45) is 0. The van der Waals surface area contributed by atoms with Crippen molar-refractivity contribution in [2.45, 2.75) is 12.5 Å². The Morgan fingerprint density at radius 1 is 1.33 bits per heavy atom. The number of rotatable bonds is 3. The first kappa shape index (κ1) is 15.8. The van der Waals surface area contributed by atoms with Crippen molar-refractivity contribution in [3.05, 3.63) is 75.2 Å². The van der Waals surface area contributed by atoms with E-state index in [1.165, 1.54) is 7.11 Å². The van der Waals surface area contributed by atoms with Crippen LogP contribution in [0, 0.1) is 0 Å². The highest BCUT2D eigenvalue weighted by Gasteiger charge is 2.38. The van der Waals surface area contributed by atoms with E-state index in [1.807, 2.05) is 6.07 Å². The largest absolute Gasteiger partial charge is 0.465 e. The molecule has 1 aliphatic rings. The van der Waals surface area contributed by atoms with E-state index >= 15 is 0 Å². The summed E-state index contributed by atoms with van der Waals surface area (Å²) in [6.45, 7) is -0.462. The molecule has 24 heavy (non-hydrogen) atoms. The number of hydrogen-bond acceptors (Lipinski definition) is 7. The van der Waals surface area contributed by atoms with Crippen LogP contribution in [0.2, 0.25) is 0 Å². The number of carbonyl (C=O) groups is 1. The minimum Gasteiger partial charge on any atom is -0.465 e. The van der Waals surface area contributed by atoms with Crippen LogP contribution in [0.4, 0.5) is 0 Å². The molecule has 0 bridgehead atoms. The Labute approximate surface area is 136 Å². The van der Waals surface area contributed by atoms with Crippen molar-refractivity contribution in [1.82, 2.24) is 0 Å². The van der Waals surface area contributed by atoms with Crippen molar-refractivity contribution < 1.29 is 23.8 Å². The van der Waals surface area contributed by atoms with E-state index in [0.29, 0.717) is 5.56 Å². The molecule has 1 atom stereocenters. The van der Waals surface area contributed by atoms with E-state index in [4.69, 9.17) is 19.6 Å². The molecule has 1 aliphatic heterocycles. The van der Waals surface area contributed by atoms with Crippen LogP contribution in [0.25, 0.3) is 0 Å². The van der Waals surface area contributed by atoms with Crippen LogP contribution in [0.5, 0.6) is 5.75 Å². The number of ether oxygens (including phenoxy) is 2. The van der Waals surface area contributed by atoms with E-state index in [9.17, 15) is 14.7 Å². The van der Waals surface area contributed by atoms with Gasteiger partial charge in [-0.1, -0.05) is 30.3 Å². The predicted molar refractivity (Wildman–Crippen MR) is 83.0 cm³/mol. The highest BCUT2D eigenvalue weighted by Crippen LogP contribution is 2.41. The summed E-state index contributed by atoms with van der Waals surface area (Å²) in [5.41, 5.74) is 6.08. The molecule has 0 aliphatic carbocycles. The summed E-state index contributed by atoms with van der Waals surface area (Å²) in [5.74, 6) is -1.62. The van der Waals surface area contributed by atoms with Crippen molar-refractivity contribution in [2.24, 2.45) is 5.73 Å². The van der Waals surface area contributed by atoms with Gasteiger partial charge < -0.3 is 24.7 Å². The van der Waals surface area contributed by atoms with E-state index in [-0.39, 0.29) is 28.7 Å². The molecule has 7 nitrogen and oxygen atoms in total. The van der Waals surface area contributed by atoms with Crippen molar-refractivity contribution in [1.29, 1.82) is 0 Å². The number of carbonyl (C=O) groups excluding carboxylic acids is 1. The quantitative estimate of drug-likeness (QED) is 0.808. The topological polar surface area (TPSA) is 112 Å². The van der Waals surface area contributed by atoms with Gasteiger partial charge in [-0.05, 0) is 5.56 Å². The second-order valence-corrected chi connectivity index (χ2v) is 5.14. The number of esters is 1. The summed E-state index contributed by atoms with van der Waals surface area (Å²) < 4.78 is 15.7. The Hall–Kier alpha value is -3.06. The van der Waals surface area contributed by atoms with Gasteiger partial charge in [-0.25, -0.2) is 4.79 Å². The lowest BCUT2D eigenvalue weighted by Gasteiger charge is -2.26. The summed E-state index contributed by atoms with van der Waals surface area (Å²) in [5, 5.41) is 9.29. The van der Waals surface area contributed by atoms with Gasteiger partial charge in [0.1, 0.15) is 17.9 Å². The lowest BCUT2D eigenvalue weighted by atomic mass is 9.87. The molecule has 2 aromatic rings. The van der Waals surface area contributed by atoms with Crippen molar-refractivity contribution in [3.63, 3.8) is 0 Å². The van der Waals surface area contributed by atoms with Crippen LogP contribution in [-0.2, 0) is 16.1 Å². The number of aliphatic hydroxyl groups excluding tert-OH is 1. The number of aliphatic hydroxyl groups is 1. The van der Waals surface area contributed by atoms with Gasteiger partial charge in [0.15, 0.2) is 5.76 Å². The normalized spacial score (nSPS) is 16.3. The number of hydrogen-bond donors (Lipinski definition) is 2. The third-order valence-electron chi connectivity index (χ3n) is 3.70. The Morgan fingerprint density at radius 2 is 2.04 bits per heavy atom. The average molecular weight is 329 g/mol. The van der Waals surface area contributed by atoms with E-state index in [1.54, 1.807) is 24.3 Å². The van der Waals surface area contributed by atoms with Crippen LogP contribution in [0.15, 0.2) is 57.1 Å². The van der Waals surface area contributed by atoms with E-state index in [2.05, 4.69) is 0 Å². The highest BCUT2D eigenvalue weighted by molar-refractivity contribution is 5.92. The fraction of sp³-hybridized carbons (Fsp3) is 0.176. The second-order valence-electron chi connectivity index (χ2n) is 5.14. The lowest BCUT2D eigenvalue weighted by Crippen LogP contribution is -2.29. The Bertz CT molecular complexity index is 868. The van der Waals surface area contributed by atoms with Gasteiger partial charge >= 0.3 is 5.97 Å². The minimum absolute atomic E-state index is 0.0365. The standard InChI is InChI=1S/C17H15NO6/c1-22-17(21)13-12(9-5-3-2-4-6-9)15-14(24-16(13)18)11(20)7-10(8-19)23-15/h2-7,12,19H,8,18H2,1H3/t12-/m1/s1. The van der Waals surface area contributed by atoms with Crippen molar-refractivity contribution in [3.8, 4) is 5.75 Å². The van der Waals surface area contributed by atoms with Gasteiger partial charge in [-0.3, -0.25) is 4.79 Å². The van der Waals surface area contributed by atoms with Gasteiger partial charge in [-0.2, -0.15) is 0 Å². The summed E-state index contributed by atoms with van der Waals surface area (Å²) >= 11 is 0. The molecule has 3 N–H and O–H groups in total. The van der Waals surface area contributed by atoms with Crippen molar-refractivity contribution >= 4 is 5.97 Å². The number of fused-ring (bicyclic) bond motifs is 1.